The summed E-state index contributed by atoms with van der Waals surface area (Å²) in [5.74, 6) is 1.12. The van der Waals surface area contributed by atoms with Crippen molar-refractivity contribution in [2.45, 2.75) is 13.0 Å². The third-order valence-corrected chi connectivity index (χ3v) is 3.16. The summed E-state index contributed by atoms with van der Waals surface area (Å²) in [6.07, 6.45) is -0.771. The molecule has 0 amide bonds. The Hall–Kier alpha value is -2.47. The third kappa shape index (κ3) is 2.45. The molecule has 1 aliphatic heterocycles. The van der Waals surface area contributed by atoms with Gasteiger partial charge in [0.2, 0.25) is 18.3 Å². The molecule has 1 aromatic heterocycles. The van der Waals surface area contributed by atoms with Crippen LogP contribution in [0.15, 0.2) is 39.6 Å². The molecule has 6 nitrogen and oxygen atoms in total. The van der Waals surface area contributed by atoms with Crippen LogP contribution in [0, 0.1) is 0 Å². The lowest BCUT2D eigenvalue weighted by atomic mass is 10.2. The average molecular weight is 290 g/mol. The van der Waals surface area contributed by atoms with Gasteiger partial charge in [-0.15, -0.1) is 0 Å². The summed E-state index contributed by atoms with van der Waals surface area (Å²) >= 11 is 0. The van der Waals surface area contributed by atoms with Gasteiger partial charge in [0, 0.05) is 11.5 Å². The van der Waals surface area contributed by atoms with Gasteiger partial charge in [0.1, 0.15) is 12.7 Å². The van der Waals surface area contributed by atoms with E-state index in [-0.39, 0.29) is 13.4 Å². The zero-order chi connectivity index (χ0) is 15.0. The van der Waals surface area contributed by atoms with Crippen molar-refractivity contribution in [2.24, 2.45) is 0 Å². The Morgan fingerprint density at radius 3 is 2.95 bits per heavy atom. The van der Waals surface area contributed by atoms with E-state index in [9.17, 15) is 9.90 Å². The molecule has 3 rings (SSSR count). The van der Waals surface area contributed by atoms with E-state index in [4.69, 9.17) is 18.6 Å². The molecule has 1 atom stereocenters. The van der Waals surface area contributed by atoms with Crippen LogP contribution in [0.2, 0.25) is 0 Å². The highest BCUT2D eigenvalue weighted by Crippen LogP contribution is 2.46. The van der Waals surface area contributed by atoms with Gasteiger partial charge in [0.05, 0.1) is 0 Å². The van der Waals surface area contributed by atoms with Crippen molar-refractivity contribution in [3.05, 3.63) is 40.8 Å². The molecule has 0 bridgehead atoms. The molecule has 2 aromatic rings. The van der Waals surface area contributed by atoms with Gasteiger partial charge in [-0.25, -0.2) is 4.79 Å². The molecule has 0 radical (unpaired) electrons. The van der Waals surface area contributed by atoms with Crippen molar-refractivity contribution in [2.75, 3.05) is 13.4 Å². The highest BCUT2D eigenvalue weighted by Gasteiger charge is 2.25. The van der Waals surface area contributed by atoms with E-state index >= 15 is 0 Å². The second-order valence-corrected chi connectivity index (χ2v) is 4.79. The second kappa shape index (κ2) is 5.14. The van der Waals surface area contributed by atoms with Gasteiger partial charge >= 0.3 is 5.63 Å². The summed E-state index contributed by atoms with van der Waals surface area (Å²) in [6, 6.07) is 4.61. The number of benzene rings is 1. The van der Waals surface area contributed by atoms with Crippen molar-refractivity contribution in [3.8, 4) is 17.2 Å². The van der Waals surface area contributed by atoms with Gasteiger partial charge < -0.3 is 23.7 Å². The zero-order valence-corrected chi connectivity index (χ0v) is 11.4. The predicted octanol–water partition coefficient (Wildman–Crippen LogP) is 1.84. The lowest BCUT2D eigenvalue weighted by molar-refractivity contribution is 0.130. The molecule has 6 heteroatoms. The molecule has 1 aliphatic rings. The van der Waals surface area contributed by atoms with Crippen LogP contribution in [-0.2, 0) is 0 Å². The Kier molecular flexibility index (Phi) is 3.31. The van der Waals surface area contributed by atoms with E-state index in [2.05, 4.69) is 6.58 Å². The highest BCUT2D eigenvalue weighted by atomic mass is 16.7. The van der Waals surface area contributed by atoms with Gasteiger partial charge in [0.25, 0.3) is 0 Å². The second-order valence-electron chi connectivity index (χ2n) is 4.79. The number of aliphatic hydroxyl groups excluding tert-OH is 1. The molecule has 1 N–H and O–H groups in total. The van der Waals surface area contributed by atoms with Crippen LogP contribution in [0.25, 0.3) is 11.0 Å². The van der Waals surface area contributed by atoms with Crippen molar-refractivity contribution < 1.29 is 23.7 Å². The summed E-state index contributed by atoms with van der Waals surface area (Å²) in [7, 11) is 0. The van der Waals surface area contributed by atoms with Crippen LogP contribution in [-0.4, -0.2) is 24.6 Å². The number of hydrogen-bond donors (Lipinski definition) is 1. The first kappa shape index (κ1) is 13.5. The standard InChI is InChI=1S/C15H14O6/c1-8(2)10(16)6-18-11-5-9-3-4-12(17)21-13(9)15-14(11)19-7-20-15/h3-5,10,16H,1,6-7H2,2H3. The number of rotatable bonds is 4. The van der Waals surface area contributed by atoms with Gasteiger partial charge in [-0.3, -0.25) is 0 Å². The first-order valence-corrected chi connectivity index (χ1v) is 6.39. The topological polar surface area (TPSA) is 78.1 Å². The Morgan fingerprint density at radius 2 is 2.19 bits per heavy atom. The maximum absolute atomic E-state index is 11.3. The van der Waals surface area contributed by atoms with Crippen LogP contribution in [0.4, 0.5) is 0 Å². The van der Waals surface area contributed by atoms with E-state index in [1.165, 1.54) is 6.07 Å². The number of ether oxygens (including phenoxy) is 3. The average Bonchev–Trinajstić information content (AvgIpc) is 2.94. The first-order valence-electron chi connectivity index (χ1n) is 6.39. The number of fused-ring (bicyclic) bond motifs is 3. The van der Waals surface area contributed by atoms with Crippen molar-refractivity contribution in [1.29, 1.82) is 0 Å². The van der Waals surface area contributed by atoms with Crippen LogP contribution in [0.3, 0.4) is 0 Å². The first-order chi connectivity index (χ1) is 10.1. The molecule has 0 fully saturated rings. The normalized spacial score (nSPS) is 14.2. The van der Waals surface area contributed by atoms with E-state index in [1.807, 2.05) is 0 Å². The summed E-state index contributed by atoms with van der Waals surface area (Å²) in [4.78, 5) is 11.3. The van der Waals surface area contributed by atoms with Crippen LogP contribution >= 0.6 is 0 Å². The van der Waals surface area contributed by atoms with Crippen LogP contribution < -0.4 is 19.8 Å². The van der Waals surface area contributed by atoms with E-state index < -0.39 is 11.7 Å². The minimum absolute atomic E-state index is 0.0203. The van der Waals surface area contributed by atoms with Gasteiger partial charge in [-0.05, 0) is 24.6 Å². The Labute approximate surface area is 120 Å². The van der Waals surface area contributed by atoms with Crippen LogP contribution in [0.5, 0.6) is 17.2 Å². The minimum Gasteiger partial charge on any atom is -0.486 e. The minimum atomic E-state index is -0.771. The highest BCUT2D eigenvalue weighted by molar-refractivity contribution is 5.88. The number of hydrogen-bond acceptors (Lipinski definition) is 6. The zero-order valence-electron chi connectivity index (χ0n) is 11.4. The van der Waals surface area contributed by atoms with E-state index in [1.54, 1.807) is 19.1 Å². The fourth-order valence-electron chi connectivity index (χ4n) is 1.97. The monoisotopic (exact) mass is 290 g/mol. The molecule has 1 unspecified atom stereocenters. The fraction of sp³-hybridized carbons (Fsp3) is 0.267. The molecule has 1 aromatic carbocycles. The summed E-state index contributed by atoms with van der Waals surface area (Å²) in [5, 5.41) is 10.4. The van der Waals surface area contributed by atoms with Crippen molar-refractivity contribution in [1.82, 2.24) is 0 Å². The maximum atomic E-state index is 11.3. The molecule has 0 saturated heterocycles. The third-order valence-electron chi connectivity index (χ3n) is 3.16. The van der Waals surface area contributed by atoms with Gasteiger partial charge in [0.15, 0.2) is 11.3 Å². The smallest absolute Gasteiger partial charge is 0.336 e. The van der Waals surface area contributed by atoms with E-state index in [0.29, 0.717) is 33.8 Å². The van der Waals surface area contributed by atoms with Gasteiger partial charge in [-0.1, -0.05) is 6.58 Å². The Balaban J connectivity index is 2.02. The van der Waals surface area contributed by atoms with Gasteiger partial charge in [-0.2, -0.15) is 0 Å². The molecule has 0 saturated carbocycles. The molecule has 0 spiro atoms. The lowest BCUT2D eigenvalue weighted by Gasteiger charge is -2.14. The Morgan fingerprint density at radius 1 is 1.43 bits per heavy atom. The van der Waals surface area contributed by atoms with E-state index in [0.717, 1.165) is 0 Å². The quantitative estimate of drug-likeness (QED) is 0.684. The molecular weight excluding hydrogens is 276 g/mol. The fourth-order valence-corrected chi connectivity index (χ4v) is 1.97. The molecule has 0 aliphatic carbocycles. The Bertz CT molecular complexity index is 761. The summed E-state index contributed by atoms with van der Waals surface area (Å²) < 4.78 is 21.4. The number of aliphatic hydroxyl groups is 1. The lowest BCUT2D eigenvalue weighted by Crippen LogP contribution is -2.18. The van der Waals surface area contributed by atoms with Crippen molar-refractivity contribution >= 4 is 11.0 Å². The summed E-state index contributed by atoms with van der Waals surface area (Å²) in [6.45, 7) is 5.45. The SMILES string of the molecule is C=C(C)C(O)COc1cc2ccc(=O)oc2c2c1OCO2. The van der Waals surface area contributed by atoms with Crippen molar-refractivity contribution in [3.63, 3.8) is 0 Å². The largest absolute Gasteiger partial charge is 0.486 e. The molecule has 2 heterocycles. The summed E-state index contributed by atoms with van der Waals surface area (Å²) in [5.41, 5.74) is 0.463. The van der Waals surface area contributed by atoms with Crippen LogP contribution in [0.1, 0.15) is 6.92 Å². The maximum Gasteiger partial charge on any atom is 0.336 e. The predicted molar refractivity (Wildman–Crippen MR) is 74.9 cm³/mol. The molecule has 21 heavy (non-hydrogen) atoms. The molecular formula is C15H14O6. The molecule has 110 valence electrons.